The van der Waals surface area contributed by atoms with Gasteiger partial charge in [0.1, 0.15) is 0 Å². The molecule has 0 aromatic heterocycles. The molecule has 0 radical (unpaired) electrons. The number of para-hydroxylation sites is 1. The van der Waals surface area contributed by atoms with E-state index >= 15 is 0 Å². The Balaban J connectivity index is 1.98. The molecule has 0 saturated heterocycles. The molecule has 3 aromatic rings. The minimum absolute atomic E-state index is 0.00611. The molecule has 1 unspecified atom stereocenters. The van der Waals surface area contributed by atoms with Crippen LogP contribution in [-0.4, -0.2) is 11.1 Å². The zero-order valence-corrected chi connectivity index (χ0v) is 12.3. The second kappa shape index (κ2) is 5.90. The number of carboxylic acid groups (broad SMARTS) is 1. The monoisotopic (exact) mass is 291 g/mol. The van der Waals surface area contributed by atoms with E-state index in [0.29, 0.717) is 5.69 Å². The van der Waals surface area contributed by atoms with Gasteiger partial charge in [-0.15, -0.1) is 0 Å². The van der Waals surface area contributed by atoms with Gasteiger partial charge in [0.2, 0.25) is 0 Å². The van der Waals surface area contributed by atoms with Crippen molar-refractivity contribution in [3.8, 4) is 0 Å². The van der Waals surface area contributed by atoms with Crippen LogP contribution in [0.4, 0.5) is 5.69 Å². The van der Waals surface area contributed by atoms with Gasteiger partial charge in [0.05, 0.1) is 5.56 Å². The Hall–Kier alpha value is -2.81. The van der Waals surface area contributed by atoms with Crippen molar-refractivity contribution in [3.05, 3.63) is 77.9 Å². The number of carbonyl (C=O) groups is 1. The van der Waals surface area contributed by atoms with E-state index in [0.717, 1.165) is 5.56 Å². The van der Waals surface area contributed by atoms with Crippen LogP contribution in [0.5, 0.6) is 0 Å². The minimum Gasteiger partial charge on any atom is -0.478 e. The molecule has 22 heavy (non-hydrogen) atoms. The second-order valence-electron chi connectivity index (χ2n) is 5.29. The largest absolute Gasteiger partial charge is 0.478 e. The fraction of sp³-hybridized carbons (Fsp3) is 0.105. The lowest BCUT2D eigenvalue weighted by Crippen LogP contribution is -2.11. The smallest absolute Gasteiger partial charge is 0.337 e. The van der Waals surface area contributed by atoms with Crippen molar-refractivity contribution in [1.82, 2.24) is 0 Å². The molecule has 3 heteroatoms. The van der Waals surface area contributed by atoms with Gasteiger partial charge < -0.3 is 10.4 Å². The van der Waals surface area contributed by atoms with E-state index < -0.39 is 5.97 Å². The number of hydrogen-bond donors (Lipinski definition) is 2. The molecule has 0 bridgehead atoms. The van der Waals surface area contributed by atoms with Crippen LogP contribution in [0.15, 0.2) is 66.7 Å². The van der Waals surface area contributed by atoms with Crippen molar-refractivity contribution in [2.75, 3.05) is 5.32 Å². The van der Waals surface area contributed by atoms with Crippen molar-refractivity contribution in [3.63, 3.8) is 0 Å². The first-order chi connectivity index (χ1) is 10.7. The highest BCUT2D eigenvalue weighted by Gasteiger charge is 2.13. The highest BCUT2D eigenvalue weighted by Crippen LogP contribution is 2.28. The molecule has 3 rings (SSSR count). The Bertz CT molecular complexity index is 821. The third kappa shape index (κ3) is 2.66. The lowest BCUT2D eigenvalue weighted by molar-refractivity contribution is 0.0698. The number of carboxylic acids is 1. The first-order valence-corrected chi connectivity index (χ1v) is 7.23. The SMILES string of the molecule is CC(Nc1ccccc1C(=O)O)c1cccc2ccccc12. The molecular formula is C19H17NO2. The van der Waals surface area contributed by atoms with Gasteiger partial charge in [0, 0.05) is 11.7 Å². The summed E-state index contributed by atoms with van der Waals surface area (Å²) in [6.45, 7) is 2.04. The molecule has 0 heterocycles. The van der Waals surface area contributed by atoms with Gasteiger partial charge in [-0.3, -0.25) is 0 Å². The molecule has 1 atom stereocenters. The molecule has 0 spiro atoms. The lowest BCUT2D eigenvalue weighted by atomic mass is 9.99. The van der Waals surface area contributed by atoms with Gasteiger partial charge in [0.15, 0.2) is 0 Å². The van der Waals surface area contributed by atoms with Crippen molar-refractivity contribution >= 4 is 22.4 Å². The number of benzene rings is 3. The van der Waals surface area contributed by atoms with Crippen LogP contribution in [0.25, 0.3) is 10.8 Å². The van der Waals surface area contributed by atoms with Crippen LogP contribution in [0.2, 0.25) is 0 Å². The first kappa shape index (κ1) is 14.1. The summed E-state index contributed by atoms with van der Waals surface area (Å²) >= 11 is 0. The summed E-state index contributed by atoms with van der Waals surface area (Å²) in [5.41, 5.74) is 2.07. The van der Waals surface area contributed by atoms with E-state index in [2.05, 4.69) is 29.6 Å². The van der Waals surface area contributed by atoms with Gasteiger partial charge in [-0.2, -0.15) is 0 Å². The fourth-order valence-electron chi connectivity index (χ4n) is 2.73. The number of hydrogen-bond acceptors (Lipinski definition) is 2. The molecule has 110 valence electrons. The van der Waals surface area contributed by atoms with Crippen LogP contribution in [-0.2, 0) is 0 Å². The first-order valence-electron chi connectivity index (χ1n) is 7.23. The lowest BCUT2D eigenvalue weighted by Gasteiger charge is -2.19. The normalized spacial score (nSPS) is 12.0. The summed E-state index contributed by atoms with van der Waals surface area (Å²) < 4.78 is 0. The fourth-order valence-corrected chi connectivity index (χ4v) is 2.73. The summed E-state index contributed by atoms with van der Waals surface area (Å²) in [4.78, 5) is 11.3. The van der Waals surface area contributed by atoms with E-state index in [4.69, 9.17) is 0 Å². The van der Waals surface area contributed by atoms with E-state index in [1.54, 1.807) is 18.2 Å². The van der Waals surface area contributed by atoms with E-state index in [-0.39, 0.29) is 11.6 Å². The molecular weight excluding hydrogens is 274 g/mol. The number of nitrogens with one attached hydrogen (secondary N) is 1. The maximum Gasteiger partial charge on any atom is 0.337 e. The summed E-state index contributed by atoms with van der Waals surface area (Å²) in [6.07, 6.45) is 0. The molecule has 0 aliphatic heterocycles. The molecule has 0 aliphatic carbocycles. The molecule has 0 fully saturated rings. The highest BCUT2D eigenvalue weighted by molar-refractivity contribution is 5.94. The minimum atomic E-state index is -0.923. The second-order valence-corrected chi connectivity index (χ2v) is 5.29. The zero-order valence-electron chi connectivity index (χ0n) is 12.3. The molecule has 2 N–H and O–H groups in total. The summed E-state index contributed by atoms with van der Waals surface area (Å²) in [5.74, 6) is -0.923. The molecule has 0 aliphatic rings. The topological polar surface area (TPSA) is 49.3 Å². The molecule has 0 saturated carbocycles. The van der Waals surface area contributed by atoms with Gasteiger partial charge in [-0.1, -0.05) is 54.6 Å². The maximum atomic E-state index is 11.3. The molecule has 3 nitrogen and oxygen atoms in total. The van der Waals surface area contributed by atoms with E-state index in [1.807, 2.05) is 31.2 Å². The van der Waals surface area contributed by atoms with Crippen molar-refractivity contribution in [2.24, 2.45) is 0 Å². The van der Waals surface area contributed by atoms with E-state index in [9.17, 15) is 9.90 Å². The Kier molecular flexibility index (Phi) is 3.79. The highest BCUT2D eigenvalue weighted by atomic mass is 16.4. The van der Waals surface area contributed by atoms with Crippen LogP contribution >= 0.6 is 0 Å². The van der Waals surface area contributed by atoms with E-state index in [1.165, 1.54) is 10.8 Å². The molecule has 3 aromatic carbocycles. The van der Waals surface area contributed by atoms with Crippen molar-refractivity contribution < 1.29 is 9.90 Å². The predicted octanol–water partition coefficient (Wildman–Crippen LogP) is 4.71. The summed E-state index contributed by atoms with van der Waals surface area (Å²) in [7, 11) is 0. The van der Waals surface area contributed by atoms with Gasteiger partial charge in [-0.25, -0.2) is 4.79 Å². The Morgan fingerprint density at radius 2 is 1.64 bits per heavy atom. The number of anilines is 1. The van der Waals surface area contributed by atoms with Crippen LogP contribution in [0, 0.1) is 0 Å². The number of fused-ring (bicyclic) bond motifs is 1. The molecule has 0 amide bonds. The third-order valence-corrected chi connectivity index (χ3v) is 3.82. The van der Waals surface area contributed by atoms with Crippen molar-refractivity contribution in [2.45, 2.75) is 13.0 Å². The Morgan fingerprint density at radius 1 is 0.955 bits per heavy atom. The number of rotatable bonds is 4. The van der Waals surface area contributed by atoms with Gasteiger partial charge >= 0.3 is 5.97 Å². The van der Waals surface area contributed by atoms with Crippen LogP contribution in [0.1, 0.15) is 28.9 Å². The summed E-state index contributed by atoms with van der Waals surface area (Å²) in [6, 6.07) is 21.4. The average Bonchev–Trinajstić information content (AvgIpc) is 2.54. The Labute approximate surface area is 129 Å². The quantitative estimate of drug-likeness (QED) is 0.731. The predicted molar refractivity (Wildman–Crippen MR) is 89.4 cm³/mol. The number of aromatic carboxylic acids is 1. The zero-order chi connectivity index (χ0) is 15.5. The van der Waals surface area contributed by atoms with Crippen LogP contribution in [0.3, 0.4) is 0 Å². The maximum absolute atomic E-state index is 11.3. The van der Waals surface area contributed by atoms with Crippen LogP contribution < -0.4 is 5.32 Å². The third-order valence-electron chi connectivity index (χ3n) is 3.82. The summed E-state index contributed by atoms with van der Waals surface area (Å²) in [5, 5.41) is 15.0. The average molecular weight is 291 g/mol. The van der Waals surface area contributed by atoms with Gasteiger partial charge in [-0.05, 0) is 35.4 Å². The Morgan fingerprint density at radius 3 is 2.45 bits per heavy atom. The standard InChI is InChI=1S/C19H17NO2/c1-13(20-18-12-5-4-10-17(18)19(21)22)15-11-6-8-14-7-2-3-9-16(14)15/h2-13,20H,1H3,(H,21,22). The van der Waals surface area contributed by atoms with Crippen molar-refractivity contribution in [1.29, 1.82) is 0 Å². The van der Waals surface area contributed by atoms with Gasteiger partial charge in [0.25, 0.3) is 0 Å².